The van der Waals surface area contributed by atoms with Crippen LogP contribution < -0.4 is 5.32 Å². The van der Waals surface area contributed by atoms with Crippen LogP contribution in [0.3, 0.4) is 0 Å². The van der Waals surface area contributed by atoms with Gasteiger partial charge in [-0.25, -0.2) is 18.4 Å². The van der Waals surface area contributed by atoms with Gasteiger partial charge in [-0.2, -0.15) is 5.10 Å². The van der Waals surface area contributed by atoms with E-state index in [4.69, 9.17) is 0 Å². The first-order valence-corrected chi connectivity index (χ1v) is 6.09. The zero-order valence-corrected chi connectivity index (χ0v) is 10.8. The van der Waals surface area contributed by atoms with E-state index < -0.39 is 6.43 Å². The monoisotopic (exact) mass is 266 g/mol. The molecule has 0 radical (unpaired) electrons. The van der Waals surface area contributed by atoms with Gasteiger partial charge in [0.1, 0.15) is 5.69 Å². The van der Waals surface area contributed by atoms with E-state index in [2.05, 4.69) is 15.4 Å². The first-order chi connectivity index (χ1) is 9.09. The Labute approximate surface area is 110 Å². The molecule has 0 atom stereocenters. The average Bonchev–Trinajstić information content (AvgIpc) is 2.81. The molecule has 0 aliphatic rings. The molecule has 0 spiro atoms. The molecule has 0 fully saturated rings. The maximum absolute atomic E-state index is 13.2. The summed E-state index contributed by atoms with van der Waals surface area (Å²) >= 11 is 0. The molecule has 2 aromatic rings. The molecular formula is C13H16F2N4. The molecule has 0 saturated carbocycles. The Morgan fingerprint density at radius 2 is 2.11 bits per heavy atom. The van der Waals surface area contributed by atoms with Crippen LogP contribution in [0, 0.1) is 0 Å². The first kappa shape index (κ1) is 13.6. The normalized spacial score (nSPS) is 11.5. The molecule has 19 heavy (non-hydrogen) atoms. The van der Waals surface area contributed by atoms with Crippen LogP contribution in [0.2, 0.25) is 0 Å². The van der Waals surface area contributed by atoms with Crippen molar-refractivity contribution in [2.75, 3.05) is 0 Å². The lowest BCUT2D eigenvalue weighted by atomic mass is 10.2. The minimum atomic E-state index is -2.59. The van der Waals surface area contributed by atoms with Crippen LogP contribution in [0.1, 0.15) is 31.5 Å². The Morgan fingerprint density at radius 3 is 2.68 bits per heavy atom. The number of alkyl halides is 2. The molecule has 0 saturated heterocycles. The van der Waals surface area contributed by atoms with E-state index in [0.29, 0.717) is 17.9 Å². The lowest BCUT2D eigenvalue weighted by Gasteiger charge is -2.10. The predicted molar refractivity (Wildman–Crippen MR) is 68.3 cm³/mol. The molecule has 2 heterocycles. The topological polar surface area (TPSA) is 42.7 Å². The third-order valence-corrected chi connectivity index (χ3v) is 2.66. The van der Waals surface area contributed by atoms with Crippen LogP contribution in [-0.4, -0.2) is 20.8 Å². The summed E-state index contributed by atoms with van der Waals surface area (Å²) in [4.78, 5) is 4.05. The molecule has 6 heteroatoms. The third kappa shape index (κ3) is 3.14. The van der Waals surface area contributed by atoms with Gasteiger partial charge in [0.25, 0.3) is 6.43 Å². The number of nitrogens with one attached hydrogen (secondary N) is 1. The maximum atomic E-state index is 13.2. The van der Waals surface area contributed by atoms with Gasteiger partial charge in [-0.1, -0.05) is 19.9 Å². The number of nitrogens with zero attached hydrogens (tertiary/aromatic N) is 3. The summed E-state index contributed by atoms with van der Waals surface area (Å²) in [5.41, 5.74) is 0.390. The second-order valence-electron chi connectivity index (χ2n) is 4.49. The van der Waals surface area contributed by atoms with Crippen molar-refractivity contribution in [2.45, 2.75) is 32.9 Å². The summed E-state index contributed by atoms with van der Waals surface area (Å²) < 4.78 is 27.6. The largest absolute Gasteiger partial charge is 0.310 e. The molecule has 2 aromatic heterocycles. The number of aromatic nitrogens is 3. The van der Waals surface area contributed by atoms with Gasteiger partial charge >= 0.3 is 0 Å². The number of hydrogen-bond acceptors (Lipinski definition) is 3. The van der Waals surface area contributed by atoms with Crippen LogP contribution in [0.15, 0.2) is 30.6 Å². The van der Waals surface area contributed by atoms with Crippen molar-refractivity contribution in [2.24, 2.45) is 0 Å². The summed E-state index contributed by atoms with van der Waals surface area (Å²) in [6.07, 6.45) is 0.428. The Morgan fingerprint density at radius 1 is 1.32 bits per heavy atom. The highest BCUT2D eigenvalue weighted by atomic mass is 19.3. The van der Waals surface area contributed by atoms with Gasteiger partial charge in [-0.3, -0.25) is 0 Å². The van der Waals surface area contributed by atoms with Crippen molar-refractivity contribution in [1.82, 2.24) is 20.1 Å². The van der Waals surface area contributed by atoms with Crippen LogP contribution in [-0.2, 0) is 6.54 Å². The van der Waals surface area contributed by atoms with Crippen molar-refractivity contribution in [1.29, 1.82) is 0 Å². The molecule has 0 aliphatic heterocycles. The van der Waals surface area contributed by atoms with Gasteiger partial charge in [0.05, 0.1) is 6.20 Å². The minimum absolute atomic E-state index is 0.105. The molecule has 0 aromatic carbocycles. The standard InChI is InChI=1S/C13H16F2N4/c1-9(2)17-7-10-8-18-19(12(10)13(14)15)11-5-3-4-6-16-11/h3-6,8-9,13,17H,7H2,1-2H3. The van der Waals surface area contributed by atoms with Gasteiger partial charge in [-0.05, 0) is 12.1 Å². The summed E-state index contributed by atoms with van der Waals surface area (Å²) in [5.74, 6) is 0.397. The number of rotatable bonds is 5. The Kier molecular flexibility index (Phi) is 4.21. The van der Waals surface area contributed by atoms with Crippen molar-refractivity contribution in [3.8, 4) is 5.82 Å². The highest BCUT2D eigenvalue weighted by molar-refractivity contribution is 5.29. The highest BCUT2D eigenvalue weighted by Gasteiger charge is 2.21. The maximum Gasteiger partial charge on any atom is 0.280 e. The van der Waals surface area contributed by atoms with E-state index in [1.807, 2.05) is 13.8 Å². The first-order valence-electron chi connectivity index (χ1n) is 6.09. The van der Waals surface area contributed by atoms with Crippen molar-refractivity contribution in [3.05, 3.63) is 41.9 Å². The van der Waals surface area contributed by atoms with Crippen molar-refractivity contribution < 1.29 is 8.78 Å². The summed E-state index contributed by atoms with van der Waals surface area (Å²) in [6, 6.07) is 5.35. The van der Waals surface area contributed by atoms with Crippen molar-refractivity contribution >= 4 is 0 Å². The lowest BCUT2D eigenvalue weighted by molar-refractivity contribution is 0.141. The second kappa shape index (κ2) is 5.88. The van der Waals surface area contributed by atoms with Crippen LogP contribution in [0.5, 0.6) is 0 Å². The fourth-order valence-corrected chi connectivity index (χ4v) is 1.74. The fraction of sp³-hybridized carbons (Fsp3) is 0.385. The molecule has 0 bridgehead atoms. The van der Waals surface area contributed by atoms with Gasteiger partial charge < -0.3 is 5.32 Å². The highest BCUT2D eigenvalue weighted by Crippen LogP contribution is 2.25. The molecule has 4 nitrogen and oxygen atoms in total. The smallest absolute Gasteiger partial charge is 0.280 e. The summed E-state index contributed by atoms with van der Waals surface area (Å²) in [5, 5.41) is 7.13. The van der Waals surface area contributed by atoms with E-state index in [-0.39, 0.29) is 11.7 Å². The second-order valence-corrected chi connectivity index (χ2v) is 4.49. The van der Waals surface area contributed by atoms with Crippen molar-refractivity contribution in [3.63, 3.8) is 0 Å². The third-order valence-electron chi connectivity index (χ3n) is 2.66. The molecule has 102 valence electrons. The summed E-state index contributed by atoms with van der Waals surface area (Å²) in [7, 11) is 0. The van der Waals surface area contributed by atoms with Gasteiger partial charge in [0, 0.05) is 24.3 Å². The molecule has 1 N–H and O–H groups in total. The van der Waals surface area contributed by atoms with E-state index in [1.165, 1.54) is 10.9 Å². The number of hydrogen-bond donors (Lipinski definition) is 1. The molecule has 2 rings (SSSR count). The predicted octanol–water partition coefficient (Wildman–Crippen LogP) is 2.70. The minimum Gasteiger partial charge on any atom is -0.310 e. The molecule has 0 unspecified atom stereocenters. The van der Waals surface area contributed by atoms with Gasteiger partial charge in [-0.15, -0.1) is 0 Å². The Balaban J connectivity index is 2.35. The Bertz CT molecular complexity index is 523. The number of pyridine rings is 1. The zero-order valence-electron chi connectivity index (χ0n) is 10.8. The van der Waals surface area contributed by atoms with Crippen LogP contribution >= 0.6 is 0 Å². The van der Waals surface area contributed by atoms with Gasteiger partial charge in [0.2, 0.25) is 0 Å². The summed E-state index contributed by atoms with van der Waals surface area (Å²) in [6.45, 7) is 4.29. The van der Waals surface area contributed by atoms with Gasteiger partial charge in [0.15, 0.2) is 5.82 Å². The lowest BCUT2D eigenvalue weighted by Crippen LogP contribution is -2.22. The van der Waals surface area contributed by atoms with E-state index >= 15 is 0 Å². The molecular weight excluding hydrogens is 250 g/mol. The van der Waals surface area contributed by atoms with E-state index in [1.54, 1.807) is 24.4 Å². The zero-order chi connectivity index (χ0) is 13.8. The van der Waals surface area contributed by atoms with E-state index in [9.17, 15) is 8.78 Å². The Hall–Kier alpha value is -1.82. The fourth-order valence-electron chi connectivity index (χ4n) is 1.74. The quantitative estimate of drug-likeness (QED) is 0.904. The number of halogens is 2. The molecule has 0 amide bonds. The van der Waals surface area contributed by atoms with Crippen LogP contribution in [0.4, 0.5) is 8.78 Å². The SMILES string of the molecule is CC(C)NCc1cnn(-c2ccccn2)c1C(F)F. The van der Waals surface area contributed by atoms with Crippen LogP contribution in [0.25, 0.3) is 5.82 Å². The molecule has 0 aliphatic carbocycles. The average molecular weight is 266 g/mol. The van der Waals surface area contributed by atoms with E-state index in [0.717, 1.165) is 0 Å².